The Hall–Kier alpha value is -2.21. The number of benzene rings is 1. The lowest BCUT2D eigenvalue weighted by Gasteiger charge is -2.55. The second kappa shape index (κ2) is 6.83. The second-order valence-corrected chi connectivity index (χ2v) is 7.63. The van der Waals surface area contributed by atoms with E-state index in [9.17, 15) is 4.79 Å². The number of aromatic nitrogens is 2. The Bertz CT molecular complexity index is 806. The van der Waals surface area contributed by atoms with E-state index >= 15 is 0 Å². The third-order valence-electron chi connectivity index (χ3n) is 6.06. The summed E-state index contributed by atoms with van der Waals surface area (Å²) in [6.07, 6.45) is 5.88. The van der Waals surface area contributed by atoms with Crippen molar-refractivity contribution in [2.45, 2.75) is 44.2 Å². The van der Waals surface area contributed by atoms with Crippen LogP contribution in [0.25, 0.3) is 10.9 Å². The van der Waals surface area contributed by atoms with Crippen LogP contribution >= 0.6 is 0 Å². The monoisotopic (exact) mass is 354 g/mol. The van der Waals surface area contributed by atoms with E-state index in [2.05, 4.69) is 33.7 Å². The Morgan fingerprint density at radius 3 is 3.00 bits per heavy atom. The Balaban J connectivity index is 1.51. The minimum Gasteiger partial charge on any atom is -0.467 e. The zero-order valence-corrected chi connectivity index (χ0v) is 15.5. The first-order valence-electron chi connectivity index (χ1n) is 9.43. The normalized spacial score (nSPS) is 26.5. The number of hydrogen-bond donors (Lipinski definition) is 0. The van der Waals surface area contributed by atoms with Gasteiger partial charge in [-0.25, -0.2) is 9.97 Å². The minimum absolute atomic E-state index is 0.0209. The van der Waals surface area contributed by atoms with Crippen LogP contribution in [0.2, 0.25) is 0 Å². The average molecular weight is 354 g/mol. The molecule has 0 radical (unpaired) electrons. The fourth-order valence-corrected chi connectivity index (χ4v) is 4.74. The standard InChI is InChI=1S/C20H26N4O2/c1-20-10-6-11-23(2)17(20)9-5-12-24(20)18(25)13-26-19-15-7-3-4-8-16(15)21-14-22-19/h3-4,7-8,14,17H,5-6,9-13H2,1-2H3/t17-,20-/m0/s1. The molecule has 4 rings (SSSR count). The Morgan fingerprint density at radius 1 is 1.27 bits per heavy atom. The van der Waals surface area contributed by atoms with Crippen molar-refractivity contribution in [3.05, 3.63) is 30.6 Å². The van der Waals surface area contributed by atoms with Crippen molar-refractivity contribution in [3.63, 3.8) is 0 Å². The zero-order valence-electron chi connectivity index (χ0n) is 15.5. The zero-order chi connectivity index (χ0) is 18.1. The molecule has 26 heavy (non-hydrogen) atoms. The van der Waals surface area contributed by atoms with Gasteiger partial charge in [0, 0.05) is 12.6 Å². The molecule has 0 N–H and O–H groups in total. The summed E-state index contributed by atoms with van der Waals surface area (Å²) in [7, 11) is 2.18. The molecule has 2 aliphatic heterocycles. The highest BCUT2D eigenvalue weighted by Gasteiger charge is 2.47. The van der Waals surface area contributed by atoms with Gasteiger partial charge in [0.05, 0.1) is 16.4 Å². The summed E-state index contributed by atoms with van der Waals surface area (Å²) >= 11 is 0. The molecule has 2 saturated heterocycles. The van der Waals surface area contributed by atoms with Crippen LogP contribution < -0.4 is 4.74 Å². The smallest absolute Gasteiger partial charge is 0.261 e. The Kier molecular flexibility index (Phi) is 4.53. The maximum atomic E-state index is 13.0. The van der Waals surface area contributed by atoms with Crippen molar-refractivity contribution < 1.29 is 9.53 Å². The van der Waals surface area contributed by atoms with Crippen LogP contribution in [0.1, 0.15) is 32.6 Å². The molecule has 2 aliphatic rings. The lowest BCUT2D eigenvalue weighted by molar-refractivity contribution is -0.148. The molecule has 2 aromatic rings. The molecule has 2 fully saturated rings. The highest BCUT2D eigenvalue weighted by Crippen LogP contribution is 2.38. The maximum Gasteiger partial charge on any atom is 0.261 e. The van der Waals surface area contributed by atoms with Crippen LogP contribution in [0, 0.1) is 0 Å². The van der Waals surface area contributed by atoms with Crippen molar-refractivity contribution in [2.75, 3.05) is 26.7 Å². The summed E-state index contributed by atoms with van der Waals surface area (Å²) in [6.45, 7) is 4.19. The van der Waals surface area contributed by atoms with E-state index in [4.69, 9.17) is 4.74 Å². The summed E-state index contributed by atoms with van der Waals surface area (Å²) < 4.78 is 5.83. The van der Waals surface area contributed by atoms with Crippen molar-refractivity contribution in [1.82, 2.24) is 19.8 Å². The Labute approximate surface area is 154 Å². The van der Waals surface area contributed by atoms with E-state index in [0.717, 1.165) is 49.7 Å². The van der Waals surface area contributed by atoms with Crippen LogP contribution in [0.3, 0.4) is 0 Å². The van der Waals surface area contributed by atoms with Gasteiger partial charge in [0.25, 0.3) is 5.91 Å². The third-order valence-corrected chi connectivity index (χ3v) is 6.06. The van der Waals surface area contributed by atoms with Gasteiger partial charge in [0.15, 0.2) is 6.61 Å². The number of likely N-dealkylation sites (tertiary alicyclic amines) is 2. The lowest BCUT2D eigenvalue weighted by Crippen LogP contribution is -2.67. The van der Waals surface area contributed by atoms with Gasteiger partial charge < -0.3 is 14.5 Å². The molecule has 3 heterocycles. The predicted molar refractivity (Wildman–Crippen MR) is 100 cm³/mol. The van der Waals surface area contributed by atoms with Gasteiger partial charge >= 0.3 is 0 Å². The number of carbonyl (C=O) groups excluding carboxylic acids is 1. The summed E-state index contributed by atoms with van der Waals surface area (Å²) in [4.78, 5) is 26.0. The van der Waals surface area contributed by atoms with Gasteiger partial charge in [-0.15, -0.1) is 0 Å². The first-order chi connectivity index (χ1) is 12.6. The SMILES string of the molecule is CN1CCC[C@@]2(C)[C@@H]1CCCN2C(=O)COc1ncnc2ccccc12. The van der Waals surface area contributed by atoms with E-state index in [-0.39, 0.29) is 18.1 Å². The number of para-hydroxylation sites is 1. The predicted octanol–water partition coefficient (Wildman–Crippen LogP) is 2.48. The molecule has 0 bridgehead atoms. The average Bonchev–Trinajstić information content (AvgIpc) is 2.65. The molecule has 1 aromatic heterocycles. The molecule has 0 unspecified atom stereocenters. The van der Waals surface area contributed by atoms with Gasteiger partial charge in [0.2, 0.25) is 5.88 Å². The van der Waals surface area contributed by atoms with Crippen molar-refractivity contribution >= 4 is 16.8 Å². The van der Waals surface area contributed by atoms with Crippen LogP contribution in [0.5, 0.6) is 5.88 Å². The van der Waals surface area contributed by atoms with Crippen molar-refractivity contribution in [2.24, 2.45) is 0 Å². The van der Waals surface area contributed by atoms with Gasteiger partial charge in [-0.2, -0.15) is 0 Å². The molecule has 1 aromatic carbocycles. The van der Waals surface area contributed by atoms with E-state index in [1.165, 1.54) is 6.33 Å². The van der Waals surface area contributed by atoms with Crippen molar-refractivity contribution in [3.8, 4) is 5.88 Å². The van der Waals surface area contributed by atoms with Gasteiger partial charge in [0.1, 0.15) is 6.33 Å². The van der Waals surface area contributed by atoms with Crippen LogP contribution in [-0.4, -0.2) is 64.0 Å². The van der Waals surface area contributed by atoms with Crippen LogP contribution in [0.15, 0.2) is 30.6 Å². The van der Waals surface area contributed by atoms with E-state index in [1.807, 2.05) is 24.3 Å². The molecule has 2 atom stereocenters. The third kappa shape index (κ3) is 2.92. The van der Waals surface area contributed by atoms with E-state index in [1.54, 1.807) is 0 Å². The molecule has 0 saturated carbocycles. The minimum atomic E-state index is -0.0978. The summed E-state index contributed by atoms with van der Waals surface area (Å²) in [6, 6.07) is 8.13. The van der Waals surface area contributed by atoms with E-state index < -0.39 is 0 Å². The molecule has 6 heteroatoms. The molecule has 0 spiro atoms. The number of likely N-dealkylation sites (N-methyl/N-ethyl adjacent to an activating group) is 1. The largest absolute Gasteiger partial charge is 0.467 e. The lowest BCUT2D eigenvalue weighted by atomic mass is 9.76. The van der Waals surface area contributed by atoms with E-state index in [0.29, 0.717) is 11.9 Å². The number of amides is 1. The topological polar surface area (TPSA) is 58.6 Å². The summed E-state index contributed by atoms with van der Waals surface area (Å²) in [5.74, 6) is 0.526. The highest BCUT2D eigenvalue weighted by atomic mass is 16.5. The number of rotatable bonds is 3. The second-order valence-electron chi connectivity index (χ2n) is 7.63. The van der Waals surface area contributed by atoms with Crippen LogP contribution in [-0.2, 0) is 4.79 Å². The van der Waals surface area contributed by atoms with Crippen molar-refractivity contribution in [1.29, 1.82) is 0 Å². The number of fused-ring (bicyclic) bond motifs is 2. The first-order valence-corrected chi connectivity index (χ1v) is 9.43. The number of hydrogen-bond acceptors (Lipinski definition) is 5. The highest BCUT2D eigenvalue weighted by molar-refractivity contribution is 5.84. The molecule has 0 aliphatic carbocycles. The summed E-state index contributed by atoms with van der Waals surface area (Å²) in [5, 5.41) is 0.836. The molecular weight excluding hydrogens is 328 g/mol. The molecule has 138 valence electrons. The summed E-state index contributed by atoms with van der Waals surface area (Å²) in [5.41, 5.74) is 0.725. The van der Waals surface area contributed by atoms with Gasteiger partial charge in [-0.05, 0) is 58.3 Å². The van der Waals surface area contributed by atoms with Gasteiger partial charge in [-0.3, -0.25) is 4.79 Å². The number of carbonyl (C=O) groups is 1. The fraction of sp³-hybridized carbons (Fsp3) is 0.550. The molecule has 6 nitrogen and oxygen atoms in total. The van der Waals surface area contributed by atoms with Gasteiger partial charge in [-0.1, -0.05) is 12.1 Å². The first kappa shape index (κ1) is 17.2. The number of nitrogens with zero attached hydrogens (tertiary/aromatic N) is 4. The number of ether oxygens (including phenoxy) is 1. The Morgan fingerprint density at radius 2 is 2.12 bits per heavy atom. The maximum absolute atomic E-state index is 13.0. The molecule has 1 amide bonds. The number of piperidine rings is 2. The fourth-order valence-electron chi connectivity index (χ4n) is 4.74. The van der Waals surface area contributed by atoms with Crippen LogP contribution in [0.4, 0.5) is 0 Å². The molecular formula is C20H26N4O2. The quantitative estimate of drug-likeness (QED) is 0.847.